The maximum absolute atomic E-state index is 9.32. The molecule has 0 aromatic carbocycles. The van der Waals surface area contributed by atoms with Crippen molar-refractivity contribution in [1.82, 2.24) is 0 Å². The van der Waals surface area contributed by atoms with E-state index in [1.807, 2.05) is 6.92 Å². The van der Waals surface area contributed by atoms with Crippen LogP contribution in [0.3, 0.4) is 0 Å². The van der Waals surface area contributed by atoms with Crippen molar-refractivity contribution < 1.29 is 9.84 Å². The Morgan fingerprint density at radius 2 is 2.36 bits per heavy atom. The first-order valence-corrected chi connectivity index (χ1v) is 4.00. The van der Waals surface area contributed by atoms with Crippen LogP contribution in [0.15, 0.2) is 0 Å². The van der Waals surface area contributed by atoms with Gasteiger partial charge in [0.25, 0.3) is 0 Å². The highest BCUT2D eigenvalue weighted by Gasteiger charge is 2.24. The Labute approximate surface area is 67.6 Å². The average molecular weight is 154 g/mol. The Hall–Kier alpha value is -0.520. The molecule has 0 saturated carbocycles. The molecule has 2 nitrogen and oxygen atoms in total. The number of ether oxygens (including phenoxy) is 1. The van der Waals surface area contributed by atoms with E-state index in [1.165, 1.54) is 0 Å². The summed E-state index contributed by atoms with van der Waals surface area (Å²) in [6, 6.07) is 0. The van der Waals surface area contributed by atoms with Gasteiger partial charge in [-0.15, -0.1) is 11.8 Å². The molecule has 1 saturated heterocycles. The zero-order valence-electron chi connectivity index (χ0n) is 6.84. The monoisotopic (exact) mass is 154 g/mol. The summed E-state index contributed by atoms with van der Waals surface area (Å²) in [5.41, 5.74) is 0. The lowest BCUT2D eigenvalue weighted by atomic mass is 10.0. The molecule has 2 heteroatoms. The summed E-state index contributed by atoms with van der Waals surface area (Å²) in [7, 11) is 0. The normalized spacial score (nSPS) is 29.6. The number of aliphatic hydroxyl groups excluding tert-OH is 1. The molecule has 0 aromatic heterocycles. The number of hydrogen-bond donors (Lipinski definition) is 1. The topological polar surface area (TPSA) is 29.5 Å². The van der Waals surface area contributed by atoms with Crippen LogP contribution in [0.1, 0.15) is 19.8 Å². The quantitative estimate of drug-likeness (QED) is 0.596. The zero-order valence-corrected chi connectivity index (χ0v) is 6.84. The Balaban J connectivity index is 2.18. The van der Waals surface area contributed by atoms with E-state index in [-0.39, 0.29) is 6.10 Å². The van der Waals surface area contributed by atoms with Gasteiger partial charge in [0, 0.05) is 12.3 Å². The fourth-order valence-corrected chi connectivity index (χ4v) is 1.25. The molecule has 2 unspecified atom stereocenters. The van der Waals surface area contributed by atoms with Gasteiger partial charge in [-0.25, -0.2) is 0 Å². The number of hydrogen-bond acceptors (Lipinski definition) is 2. The van der Waals surface area contributed by atoms with Crippen molar-refractivity contribution in [2.75, 3.05) is 13.2 Å². The van der Waals surface area contributed by atoms with Crippen LogP contribution in [0.2, 0.25) is 0 Å². The lowest BCUT2D eigenvalue weighted by Gasteiger charge is -2.08. The van der Waals surface area contributed by atoms with Crippen LogP contribution in [-0.2, 0) is 4.74 Å². The molecule has 0 bridgehead atoms. The predicted octanol–water partition coefficient (Wildman–Crippen LogP) is 0.797. The molecule has 0 aliphatic carbocycles. The van der Waals surface area contributed by atoms with Gasteiger partial charge in [-0.2, -0.15) is 0 Å². The lowest BCUT2D eigenvalue weighted by molar-refractivity contribution is 0.117. The number of rotatable bonds is 2. The molecule has 0 radical (unpaired) electrons. The highest BCUT2D eigenvalue weighted by Crippen LogP contribution is 2.18. The van der Waals surface area contributed by atoms with Crippen LogP contribution in [0.4, 0.5) is 0 Å². The smallest absolute Gasteiger partial charge is 0.0824 e. The first-order valence-electron chi connectivity index (χ1n) is 4.00. The first-order chi connectivity index (χ1) is 5.34. The summed E-state index contributed by atoms with van der Waals surface area (Å²) in [4.78, 5) is 0. The molecule has 1 aliphatic heterocycles. The molecule has 1 rings (SSSR count). The second-order valence-corrected chi connectivity index (χ2v) is 2.83. The lowest BCUT2D eigenvalue weighted by Crippen LogP contribution is -2.17. The molecule has 11 heavy (non-hydrogen) atoms. The minimum atomic E-state index is -0.256. The SMILES string of the molecule is CC#CCCC1COCC1O. The second-order valence-electron chi connectivity index (χ2n) is 2.83. The van der Waals surface area contributed by atoms with Crippen LogP contribution < -0.4 is 0 Å². The van der Waals surface area contributed by atoms with Crippen LogP contribution in [0.25, 0.3) is 0 Å². The van der Waals surface area contributed by atoms with Crippen LogP contribution in [0.5, 0.6) is 0 Å². The van der Waals surface area contributed by atoms with Crippen molar-refractivity contribution in [2.24, 2.45) is 5.92 Å². The van der Waals surface area contributed by atoms with E-state index < -0.39 is 0 Å². The molecule has 0 spiro atoms. The Morgan fingerprint density at radius 1 is 1.55 bits per heavy atom. The molecule has 1 heterocycles. The molecule has 0 amide bonds. The summed E-state index contributed by atoms with van der Waals surface area (Å²) >= 11 is 0. The van der Waals surface area contributed by atoms with E-state index in [9.17, 15) is 5.11 Å². The van der Waals surface area contributed by atoms with Crippen molar-refractivity contribution in [3.8, 4) is 11.8 Å². The third kappa shape index (κ3) is 2.53. The van der Waals surface area contributed by atoms with Crippen molar-refractivity contribution in [3.05, 3.63) is 0 Å². The van der Waals surface area contributed by atoms with Gasteiger partial charge in [-0.1, -0.05) is 0 Å². The summed E-state index contributed by atoms with van der Waals surface area (Å²) in [6.07, 6.45) is 1.58. The summed E-state index contributed by atoms with van der Waals surface area (Å²) < 4.78 is 5.10. The first kappa shape index (κ1) is 8.58. The van der Waals surface area contributed by atoms with E-state index >= 15 is 0 Å². The zero-order chi connectivity index (χ0) is 8.10. The Bertz CT molecular complexity index is 166. The van der Waals surface area contributed by atoms with Gasteiger partial charge in [0.15, 0.2) is 0 Å². The second kappa shape index (κ2) is 4.38. The number of aliphatic hydroxyl groups is 1. The molecule has 0 aromatic rings. The van der Waals surface area contributed by atoms with Gasteiger partial charge >= 0.3 is 0 Å². The molecule has 62 valence electrons. The highest BCUT2D eigenvalue weighted by atomic mass is 16.5. The standard InChI is InChI=1S/C9H14O2/c1-2-3-4-5-8-6-11-7-9(8)10/h8-10H,4-7H2,1H3. The molecule has 1 N–H and O–H groups in total. The van der Waals surface area contributed by atoms with Crippen molar-refractivity contribution >= 4 is 0 Å². The van der Waals surface area contributed by atoms with E-state index in [4.69, 9.17) is 4.74 Å². The van der Waals surface area contributed by atoms with Crippen LogP contribution in [0, 0.1) is 17.8 Å². The minimum Gasteiger partial charge on any atom is -0.390 e. The summed E-state index contributed by atoms with van der Waals surface area (Å²) in [5.74, 6) is 6.13. The van der Waals surface area contributed by atoms with Crippen LogP contribution in [-0.4, -0.2) is 24.4 Å². The predicted molar refractivity (Wildman–Crippen MR) is 43.0 cm³/mol. The summed E-state index contributed by atoms with van der Waals surface area (Å²) in [6.45, 7) is 3.04. The van der Waals surface area contributed by atoms with Crippen molar-refractivity contribution in [2.45, 2.75) is 25.9 Å². The third-order valence-corrected chi connectivity index (χ3v) is 1.98. The minimum absolute atomic E-state index is 0.256. The van der Waals surface area contributed by atoms with Gasteiger partial charge in [0.2, 0.25) is 0 Å². The van der Waals surface area contributed by atoms with Gasteiger partial charge in [-0.3, -0.25) is 0 Å². The fourth-order valence-electron chi connectivity index (χ4n) is 1.25. The Kier molecular flexibility index (Phi) is 3.41. The van der Waals surface area contributed by atoms with Gasteiger partial charge in [-0.05, 0) is 13.3 Å². The molecule has 1 fully saturated rings. The highest BCUT2D eigenvalue weighted by molar-refractivity contribution is 4.95. The van der Waals surface area contributed by atoms with E-state index in [0.717, 1.165) is 12.8 Å². The average Bonchev–Trinajstić information content (AvgIpc) is 2.37. The molecular formula is C9H14O2. The van der Waals surface area contributed by atoms with E-state index in [1.54, 1.807) is 0 Å². The van der Waals surface area contributed by atoms with Gasteiger partial charge in [0.05, 0.1) is 19.3 Å². The Morgan fingerprint density at radius 3 is 2.91 bits per heavy atom. The maximum Gasteiger partial charge on any atom is 0.0824 e. The third-order valence-electron chi connectivity index (χ3n) is 1.98. The van der Waals surface area contributed by atoms with Gasteiger partial charge in [0.1, 0.15) is 0 Å². The maximum atomic E-state index is 9.32. The van der Waals surface area contributed by atoms with Crippen molar-refractivity contribution in [3.63, 3.8) is 0 Å². The van der Waals surface area contributed by atoms with Crippen molar-refractivity contribution in [1.29, 1.82) is 0 Å². The largest absolute Gasteiger partial charge is 0.390 e. The molecular weight excluding hydrogens is 140 g/mol. The summed E-state index contributed by atoms with van der Waals surface area (Å²) in [5, 5.41) is 9.32. The molecule has 1 aliphatic rings. The van der Waals surface area contributed by atoms with Gasteiger partial charge < -0.3 is 9.84 Å². The van der Waals surface area contributed by atoms with Crippen LogP contribution >= 0.6 is 0 Å². The molecule has 2 atom stereocenters. The van der Waals surface area contributed by atoms with E-state index in [2.05, 4.69) is 11.8 Å². The van der Waals surface area contributed by atoms with E-state index in [0.29, 0.717) is 19.1 Å². The fraction of sp³-hybridized carbons (Fsp3) is 0.778.